The first-order valence-corrected chi connectivity index (χ1v) is 32.4. The Balaban J connectivity index is 4.19. The quantitative estimate of drug-likeness (QED) is 0.0195. The maximum Gasteiger partial charge on any atom is 0.306 e. The van der Waals surface area contributed by atoms with E-state index in [9.17, 15) is 19.0 Å². The molecule has 0 aromatic rings. The molecule has 2 atom stereocenters. The molecule has 0 fully saturated rings. The summed E-state index contributed by atoms with van der Waals surface area (Å²) in [4.78, 5) is 37.9. The summed E-state index contributed by atoms with van der Waals surface area (Å²) in [5.74, 6) is -0.847. The zero-order valence-electron chi connectivity index (χ0n) is 49.7. The lowest BCUT2D eigenvalue weighted by molar-refractivity contribution is -0.870. The number of unbranched alkanes of at least 4 members (excludes halogenated alkanes) is 26. The fraction of sp³-hybridized carbons (Fsp3) is 0.727. The molecular weight excluding hydrogens is 966 g/mol. The van der Waals surface area contributed by atoms with Crippen molar-refractivity contribution in [1.82, 2.24) is 0 Å². The number of hydrogen-bond acceptors (Lipinski definition) is 8. The lowest BCUT2D eigenvalue weighted by Gasteiger charge is -2.28. The van der Waals surface area contributed by atoms with Gasteiger partial charge in [0.1, 0.15) is 19.8 Å². The summed E-state index contributed by atoms with van der Waals surface area (Å²) in [5, 5.41) is 0. The third kappa shape index (κ3) is 60.2. The van der Waals surface area contributed by atoms with Gasteiger partial charge in [-0.25, -0.2) is 0 Å². The minimum atomic E-state index is -4.65. The van der Waals surface area contributed by atoms with Crippen LogP contribution in [-0.4, -0.2) is 70.0 Å². The molecule has 0 aliphatic heterocycles. The molecule has 0 saturated carbocycles. The average Bonchev–Trinajstić information content (AvgIpc) is 3.38. The number of esters is 2. The summed E-state index contributed by atoms with van der Waals surface area (Å²) in [7, 11) is 1.15. The van der Waals surface area contributed by atoms with Crippen LogP contribution in [0.3, 0.4) is 0 Å². The van der Waals surface area contributed by atoms with Crippen LogP contribution in [0.25, 0.3) is 0 Å². The zero-order valence-corrected chi connectivity index (χ0v) is 50.6. The van der Waals surface area contributed by atoms with E-state index in [0.29, 0.717) is 17.4 Å². The molecule has 0 heterocycles. The Bertz CT molecular complexity index is 1600. The predicted octanol–water partition coefficient (Wildman–Crippen LogP) is 19.0. The SMILES string of the molecule is CC/C=C\C/C=C\C/C=C\C/C=C\C/C=C\C/C=C\C/C=C\C/C=C\CCCCCCCCC(=O)OC(COC(=O)CCCCCCCCCCCCCCCCCCCCCCC)COP(=O)([O-])OCC[N+](C)(C)C. The summed E-state index contributed by atoms with van der Waals surface area (Å²) < 4.78 is 34.2. The molecule has 0 N–H and O–H groups in total. The van der Waals surface area contributed by atoms with Crippen LogP contribution in [0.1, 0.15) is 258 Å². The van der Waals surface area contributed by atoms with E-state index >= 15 is 0 Å². The van der Waals surface area contributed by atoms with E-state index in [4.69, 9.17) is 18.5 Å². The van der Waals surface area contributed by atoms with Crippen LogP contribution in [0.15, 0.2) is 97.2 Å². The van der Waals surface area contributed by atoms with Gasteiger partial charge in [-0.3, -0.25) is 14.2 Å². The number of rotatable bonds is 56. The number of carbonyl (C=O) groups is 2. The van der Waals surface area contributed by atoms with E-state index in [1.807, 2.05) is 21.1 Å². The predicted molar refractivity (Wildman–Crippen MR) is 323 cm³/mol. The molecule has 0 spiro atoms. The van der Waals surface area contributed by atoms with Gasteiger partial charge in [-0.15, -0.1) is 0 Å². The van der Waals surface area contributed by atoms with Crippen molar-refractivity contribution in [2.45, 2.75) is 264 Å². The minimum absolute atomic E-state index is 0.0373. The van der Waals surface area contributed by atoms with Gasteiger partial charge in [0.25, 0.3) is 7.82 Å². The molecule has 10 heteroatoms. The second-order valence-electron chi connectivity index (χ2n) is 21.7. The largest absolute Gasteiger partial charge is 0.756 e. The van der Waals surface area contributed by atoms with Gasteiger partial charge < -0.3 is 27.9 Å². The van der Waals surface area contributed by atoms with Crippen molar-refractivity contribution in [1.29, 1.82) is 0 Å². The zero-order chi connectivity index (χ0) is 55.6. The molecule has 9 nitrogen and oxygen atoms in total. The summed E-state index contributed by atoms with van der Waals surface area (Å²) >= 11 is 0. The molecule has 0 rings (SSSR count). The Labute approximate surface area is 468 Å². The Kier molecular flexibility index (Phi) is 54.4. The third-order valence-electron chi connectivity index (χ3n) is 13.1. The molecule has 76 heavy (non-hydrogen) atoms. The van der Waals surface area contributed by atoms with Crippen molar-refractivity contribution in [2.75, 3.05) is 47.5 Å². The van der Waals surface area contributed by atoms with Gasteiger partial charge in [-0.1, -0.05) is 265 Å². The van der Waals surface area contributed by atoms with E-state index < -0.39 is 26.5 Å². The first-order valence-electron chi connectivity index (χ1n) is 30.9. The average molecular weight is 1080 g/mol. The van der Waals surface area contributed by atoms with Gasteiger partial charge in [-0.05, 0) is 77.0 Å². The van der Waals surface area contributed by atoms with Gasteiger partial charge in [0.05, 0.1) is 27.7 Å². The molecule has 0 aliphatic carbocycles. The highest BCUT2D eigenvalue weighted by atomic mass is 31.2. The smallest absolute Gasteiger partial charge is 0.306 e. The molecule has 2 unspecified atom stereocenters. The summed E-state index contributed by atoms with van der Waals surface area (Å²) in [5.41, 5.74) is 0. The molecule has 438 valence electrons. The highest BCUT2D eigenvalue weighted by Gasteiger charge is 2.22. The van der Waals surface area contributed by atoms with Crippen LogP contribution in [0, 0.1) is 0 Å². The van der Waals surface area contributed by atoms with Crippen molar-refractivity contribution in [3.8, 4) is 0 Å². The van der Waals surface area contributed by atoms with Crippen LogP contribution in [0.4, 0.5) is 0 Å². The Morgan fingerprint density at radius 1 is 0.421 bits per heavy atom. The van der Waals surface area contributed by atoms with Gasteiger partial charge in [0.2, 0.25) is 0 Å². The molecule has 0 bridgehead atoms. The monoisotopic (exact) mass is 1080 g/mol. The first kappa shape index (κ1) is 72.9. The Morgan fingerprint density at radius 2 is 0.750 bits per heavy atom. The number of quaternary nitrogens is 1. The van der Waals surface area contributed by atoms with Crippen LogP contribution in [0.2, 0.25) is 0 Å². The van der Waals surface area contributed by atoms with Gasteiger partial charge >= 0.3 is 11.9 Å². The van der Waals surface area contributed by atoms with Crippen molar-refractivity contribution >= 4 is 19.8 Å². The van der Waals surface area contributed by atoms with Gasteiger partial charge in [0, 0.05) is 12.8 Å². The fourth-order valence-corrected chi connectivity index (χ4v) is 9.11. The molecule has 0 aromatic heterocycles. The van der Waals surface area contributed by atoms with Crippen LogP contribution >= 0.6 is 7.82 Å². The highest BCUT2D eigenvalue weighted by Crippen LogP contribution is 2.38. The standard InChI is InChI=1S/C66H116NO8P/c1-6-8-10-12-14-16-18-20-22-24-26-28-29-30-31-32-33-34-35-36-37-39-41-43-45-47-49-51-53-55-57-59-66(69)75-64(63-74-76(70,71)73-61-60-67(3,4)5)62-72-65(68)58-56-54-52-50-48-46-44-42-40-38-27-25-23-21-19-17-15-13-11-9-7-2/h8,10,14,16,20,22,26,28,30-31,33-34,36-37,41,43,64H,6-7,9,11-13,15,17-19,21,23-25,27,29,32,35,38-40,42,44-63H2,1-5H3/b10-8-,16-14-,22-20-,28-26-,31-30-,34-33-,37-36-,43-41-. The Hall–Kier alpha value is -3.07. The number of nitrogens with zero attached hydrogens (tertiary/aromatic N) is 1. The number of ether oxygens (including phenoxy) is 2. The van der Waals surface area contributed by atoms with E-state index in [1.165, 1.54) is 116 Å². The van der Waals surface area contributed by atoms with E-state index in [0.717, 1.165) is 109 Å². The van der Waals surface area contributed by atoms with Crippen molar-refractivity contribution in [3.05, 3.63) is 97.2 Å². The van der Waals surface area contributed by atoms with Crippen LogP contribution in [-0.2, 0) is 32.7 Å². The first-order chi connectivity index (χ1) is 37.0. The molecule has 0 radical (unpaired) electrons. The normalized spacial score (nSPS) is 13.9. The molecule has 0 aromatic carbocycles. The maximum absolute atomic E-state index is 12.8. The summed E-state index contributed by atoms with van der Waals surface area (Å²) in [6, 6.07) is 0. The van der Waals surface area contributed by atoms with Gasteiger partial charge in [-0.2, -0.15) is 0 Å². The number of phosphoric acid groups is 1. The number of likely N-dealkylation sites (N-methyl/N-ethyl adjacent to an activating group) is 1. The third-order valence-corrected chi connectivity index (χ3v) is 14.1. The fourth-order valence-electron chi connectivity index (χ4n) is 8.38. The van der Waals surface area contributed by atoms with Crippen LogP contribution < -0.4 is 4.89 Å². The molecule has 0 aliphatic rings. The van der Waals surface area contributed by atoms with Crippen molar-refractivity contribution in [2.24, 2.45) is 0 Å². The molecule has 0 amide bonds. The lowest BCUT2D eigenvalue weighted by atomic mass is 10.0. The number of phosphoric ester groups is 1. The maximum atomic E-state index is 12.8. The van der Waals surface area contributed by atoms with Crippen molar-refractivity contribution < 1.29 is 42.1 Å². The number of hydrogen-bond donors (Lipinski definition) is 0. The Morgan fingerprint density at radius 3 is 1.12 bits per heavy atom. The number of allylic oxidation sites excluding steroid dienone is 16. The number of carbonyl (C=O) groups excluding carboxylic acids is 2. The molecule has 0 saturated heterocycles. The summed E-state index contributed by atoms with van der Waals surface area (Å²) in [6.45, 7) is 4.13. The van der Waals surface area contributed by atoms with Crippen molar-refractivity contribution in [3.63, 3.8) is 0 Å². The second-order valence-corrected chi connectivity index (χ2v) is 23.1. The van der Waals surface area contributed by atoms with E-state index in [2.05, 4.69) is 111 Å². The summed E-state index contributed by atoms with van der Waals surface area (Å²) in [6.07, 6.45) is 77.4. The van der Waals surface area contributed by atoms with Crippen LogP contribution in [0.5, 0.6) is 0 Å². The topological polar surface area (TPSA) is 111 Å². The van der Waals surface area contributed by atoms with Gasteiger partial charge in [0.15, 0.2) is 6.10 Å². The van der Waals surface area contributed by atoms with E-state index in [1.54, 1.807) is 0 Å². The lowest BCUT2D eigenvalue weighted by Crippen LogP contribution is -2.37. The highest BCUT2D eigenvalue weighted by molar-refractivity contribution is 7.45. The second kappa shape index (κ2) is 56.6. The minimum Gasteiger partial charge on any atom is -0.756 e. The molecular formula is C66H116NO8P. The van der Waals surface area contributed by atoms with E-state index in [-0.39, 0.29) is 32.0 Å².